The van der Waals surface area contributed by atoms with Gasteiger partial charge >= 0.3 is 0 Å². The Morgan fingerprint density at radius 3 is 2.57 bits per heavy atom. The van der Waals surface area contributed by atoms with Gasteiger partial charge in [-0.1, -0.05) is 17.7 Å². The van der Waals surface area contributed by atoms with E-state index in [1.807, 2.05) is 31.2 Å². The van der Waals surface area contributed by atoms with Crippen molar-refractivity contribution in [3.05, 3.63) is 29.8 Å². The number of benzene rings is 1. The van der Waals surface area contributed by atoms with E-state index in [0.29, 0.717) is 0 Å². The highest BCUT2D eigenvalue weighted by molar-refractivity contribution is 6.27. The summed E-state index contributed by atoms with van der Waals surface area (Å²) in [6, 6.07) is 7.59. The zero-order chi connectivity index (χ0) is 10.4. The van der Waals surface area contributed by atoms with Crippen LogP contribution in [0.4, 0.5) is 5.69 Å². The van der Waals surface area contributed by atoms with Gasteiger partial charge in [0.25, 0.3) is 0 Å². The molecule has 0 bridgehead atoms. The molecule has 4 heteroatoms. The number of azo groups is 1. The molecule has 0 aromatic heterocycles. The van der Waals surface area contributed by atoms with Gasteiger partial charge in [0.1, 0.15) is 6.54 Å². The fourth-order valence-electron chi connectivity index (χ4n) is 0.850. The molecular formula is C10H11ClN2O. The fourth-order valence-corrected chi connectivity index (χ4v) is 0.934. The minimum Gasteiger partial charge on any atom is -0.296 e. The van der Waals surface area contributed by atoms with Crippen LogP contribution >= 0.6 is 11.6 Å². The van der Waals surface area contributed by atoms with Gasteiger partial charge in [-0.15, -0.1) is 11.6 Å². The van der Waals surface area contributed by atoms with Crippen LogP contribution in [0.3, 0.4) is 0 Å². The molecule has 0 atom stereocenters. The second kappa shape index (κ2) is 5.50. The minimum absolute atomic E-state index is 0.00703. The van der Waals surface area contributed by atoms with Gasteiger partial charge in [-0.3, -0.25) is 4.79 Å². The Balaban J connectivity index is 2.52. The van der Waals surface area contributed by atoms with Gasteiger partial charge in [0.2, 0.25) is 0 Å². The van der Waals surface area contributed by atoms with E-state index in [1.165, 1.54) is 5.56 Å². The molecule has 1 rings (SSSR count). The molecule has 0 spiro atoms. The maximum Gasteiger partial charge on any atom is 0.170 e. The average molecular weight is 211 g/mol. The third kappa shape index (κ3) is 3.66. The maximum atomic E-state index is 10.8. The van der Waals surface area contributed by atoms with Gasteiger partial charge in [-0.05, 0) is 19.1 Å². The lowest BCUT2D eigenvalue weighted by molar-refractivity contribution is -0.115. The Hall–Kier alpha value is -1.22. The predicted octanol–water partition coefficient (Wildman–Crippen LogP) is 2.89. The molecule has 14 heavy (non-hydrogen) atoms. The summed E-state index contributed by atoms with van der Waals surface area (Å²) in [5.41, 5.74) is 1.92. The summed E-state index contributed by atoms with van der Waals surface area (Å²) in [7, 11) is 0. The number of halogens is 1. The highest BCUT2D eigenvalue weighted by Gasteiger charge is 1.95. The van der Waals surface area contributed by atoms with Crippen molar-refractivity contribution in [1.82, 2.24) is 0 Å². The summed E-state index contributed by atoms with van der Waals surface area (Å²) in [6.45, 7) is 2.05. The van der Waals surface area contributed by atoms with E-state index in [2.05, 4.69) is 10.2 Å². The summed E-state index contributed by atoms with van der Waals surface area (Å²) in [5, 5.41) is 7.61. The summed E-state index contributed by atoms with van der Waals surface area (Å²) < 4.78 is 0. The van der Waals surface area contributed by atoms with Gasteiger partial charge in [-0.25, -0.2) is 0 Å². The topological polar surface area (TPSA) is 41.8 Å². The van der Waals surface area contributed by atoms with Gasteiger partial charge in [0.15, 0.2) is 5.78 Å². The number of rotatable bonds is 4. The van der Waals surface area contributed by atoms with Crippen molar-refractivity contribution in [2.75, 3.05) is 12.4 Å². The number of ketones is 1. The number of hydrogen-bond donors (Lipinski definition) is 0. The van der Waals surface area contributed by atoms with E-state index in [4.69, 9.17) is 11.6 Å². The lowest BCUT2D eigenvalue weighted by Gasteiger charge is -1.93. The van der Waals surface area contributed by atoms with Crippen LogP contribution in [-0.2, 0) is 4.79 Å². The number of carbonyl (C=O) groups is 1. The first-order valence-electron chi connectivity index (χ1n) is 4.24. The molecule has 0 aliphatic heterocycles. The molecule has 0 aliphatic carbocycles. The lowest BCUT2D eigenvalue weighted by atomic mass is 10.2. The van der Waals surface area contributed by atoms with Crippen LogP contribution in [-0.4, -0.2) is 18.2 Å². The van der Waals surface area contributed by atoms with Crippen LogP contribution in [0, 0.1) is 6.92 Å². The molecule has 0 saturated carbocycles. The van der Waals surface area contributed by atoms with Crippen LogP contribution < -0.4 is 0 Å². The third-order valence-electron chi connectivity index (χ3n) is 1.62. The Labute approximate surface area is 87.8 Å². The summed E-state index contributed by atoms with van der Waals surface area (Å²) in [6.07, 6.45) is 0. The third-order valence-corrected chi connectivity index (χ3v) is 1.91. The molecule has 1 aromatic carbocycles. The zero-order valence-corrected chi connectivity index (χ0v) is 8.66. The number of aryl methyl sites for hydroxylation is 1. The van der Waals surface area contributed by atoms with Crippen molar-refractivity contribution >= 4 is 23.1 Å². The van der Waals surface area contributed by atoms with Crippen molar-refractivity contribution < 1.29 is 4.79 Å². The maximum absolute atomic E-state index is 10.8. The first kappa shape index (κ1) is 10.9. The summed E-state index contributed by atoms with van der Waals surface area (Å²) >= 11 is 5.30. The first-order valence-corrected chi connectivity index (χ1v) is 4.77. The van der Waals surface area contributed by atoms with Crippen LogP contribution in [0.5, 0.6) is 0 Å². The van der Waals surface area contributed by atoms with Crippen LogP contribution in [0.15, 0.2) is 34.5 Å². The molecule has 0 fully saturated rings. The van der Waals surface area contributed by atoms with Crippen molar-refractivity contribution in [2.24, 2.45) is 10.2 Å². The van der Waals surface area contributed by atoms with Gasteiger partial charge in [0.05, 0.1) is 11.6 Å². The molecule has 3 nitrogen and oxygen atoms in total. The second-order valence-corrected chi connectivity index (χ2v) is 3.17. The number of Topliss-reactive ketones (excluding diaryl/α,β-unsaturated/α-hetero) is 1. The lowest BCUT2D eigenvalue weighted by Crippen LogP contribution is -2.02. The van der Waals surface area contributed by atoms with Crippen molar-refractivity contribution in [2.45, 2.75) is 6.92 Å². The summed E-state index contributed by atoms with van der Waals surface area (Å²) in [4.78, 5) is 10.8. The highest BCUT2D eigenvalue weighted by Crippen LogP contribution is 2.12. The number of alkyl halides is 1. The van der Waals surface area contributed by atoms with Crippen molar-refractivity contribution in [3.63, 3.8) is 0 Å². The first-order chi connectivity index (χ1) is 6.72. The van der Waals surface area contributed by atoms with Crippen LogP contribution in [0.1, 0.15) is 5.56 Å². The molecular weight excluding hydrogens is 200 g/mol. The zero-order valence-electron chi connectivity index (χ0n) is 7.90. The molecule has 0 N–H and O–H groups in total. The van der Waals surface area contributed by atoms with E-state index < -0.39 is 0 Å². The molecule has 0 saturated heterocycles. The summed E-state index contributed by atoms with van der Waals surface area (Å²) in [5.74, 6) is -0.130. The van der Waals surface area contributed by atoms with Gasteiger partial charge in [-0.2, -0.15) is 10.2 Å². The van der Waals surface area contributed by atoms with Crippen LogP contribution in [0.2, 0.25) is 0 Å². The molecule has 0 heterocycles. The van der Waals surface area contributed by atoms with E-state index >= 15 is 0 Å². The van der Waals surface area contributed by atoms with E-state index in [1.54, 1.807) is 0 Å². The van der Waals surface area contributed by atoms with Crippen molar-refractivity contribution in [1.29, 1.82) is 0 Å². The Morgan fingerprint density at radius 2 is 2.00 bits per heavy atom. The molecule has 0 unspecified atom stereocenters. The standard InChI is InChI=1S/C10H11ClN2O/c1-8-2-4-9(5-3-8)13-12-7-10(14)6-11/h2-5H,6-7H2,1H3. The predicted molar refractivity (Wildman–Crippen MR) is 56.3 cm³/mol. The Morgan fingerprint density at radius 1 is 1.36 bits per heavy atom. The number of hydrogen-bond acceptors (Lipinski definition) is 3. The quantitative estimate of drug-likeness (QED) is 0.557. The van der Waals surface area contributed by atoms with Crippen molar-refractivity contribution in [3.8, 4) is 0 Å². The molecule has 0 aliphatic rings. The Kier molecular flexibility index (Phi) is 4.26. The van der Waals surface area contributed by atoms with E-state index in [9.17, 15) is 4.79 Å². The average Bonchev–Trinajstić information content (AvgIpc) is 2.21. The van der Waals surface area contributed by atoms with E-state index in [-0.39, 0.29) is 18.2 Å². The smallest absolute Gasteiger partial charge is 0.170 e. The van der Waals surface area contributed by atoms with Crippen LogP contribution in [0.25, 0.3) is 0 Å². The van der Waals surface area contributed by atoms with Gasteiger partial charge < -0.3 is 0 Å². The van der Waals surface area contributed by atoms with E-state index in [0.717, 1.165) is 5.69 Å². The minimum atomic E-state index is -0.123. The second-order valence-electron chi connectivity index (χ2n) is 2.91. The Bertz CT molecular complexity index is 332. The molecule has 74 valence electrons. The number of nitrogens with zero attached hydrogens (tertiary/aromatic N) is 2. The fraction of sp³-hybridized carbons (Fsp3) is 0.300. The number of carbonyl (C=O) groups excluding carboxylic acids is 1. The normalized spacial score (nSPS) is 10.7. The molecule has 0 radical (unpaired) electrons. The molecule has 0 amide bonds. The molecule has 1 aromatic rings. The highest BCUT2D eigenvalue weighted by atomic mass is 35.5. The largest absolute Gasteiger partial charge is 0.296 e. The van der Waals surface area contributed by atoms with Gasteiger partial charge in [0, 0.05) is 0 Å². The monoisotopic (exact) mass is 210 g/mol. The SMILES string of the molecule is Cc1ccc(N=NCC(=O)CCl)cc1.